The number of amides is 1. The van der Waals surface area contributed by atoms with E-state index < -0.39 is 86.8 Å². The van der Waals surface area contributed by atoms with Crippen LogP contribution >= 0.6 is 0 Å². The second-order valence-electron chi connectivity index (χ2n) is 27.8. The SMILES string of the molecule is CC/C=C\C/C=C\C/C=C\C/C=C\C/C=C\C/C=C\C/C=C\CCCCCCCCCCCCCCCCCCCCCC(=O)NC(COC1OC(CO)C(OC2OC(CO)C(O)C(O)C2O)C(O)C1O)C(O)CCCCCCCCCCCCCCCCCCCCCCC. The van der Waals surface area contributed by atoms with Crippen molar-refractivity contribution in [1.82, 2.24) is 5.32 Å². The molecule has 0 bridgehead atoms. The summed E-state index contributed by atoms with van der Waals surface area (Å²) in [5.74, 6) is -0.202. The summed E-state index contributed by atoms with van der Waals surface area (Å²) in [6.07, 6.45) is 74.8. The molecule has 12 atom stereocenters. The number of rotatable bonds is 66. The fraction of sp³-hybridized carbons (Fsp3) is 0.817. The molecular weight excluding hydrogens is 1210 g/mol. The molecule has 12 unspecified atom stereocenters. The van der Waals surface area contributed by atoms with Crippen molar-refractivity contribution in [1.29, 1.82) is 0 Å². The molecule has 14 heteroatoms. The summed E-state index contributed by atoms with van der Waals surface area (Å²) in [7, 11) is 0. The number of hydrogen-bond donors (Lipinski definition) is 9. The Kier molecular flexibility index (Phi) is 60.9. The fourth-order valence-electron chi connectivity index (χ4n) is 12.9. The number of unbranched alkanes of at least 4 members (excludes halogenated alkanes) is 39. The van der Waals surface area contributed by atoms with Gasteiger partial charge in [0.2, 0.25) is 5.91 Å². The van der Waals surface area contributed by atoms with Gasteiger partial charge in [-0.15, -0.1) is 0 Å². The molecule has 2 heterocycles. The van der Waals surface area contributed by atoms with Gasteiger partial charge in [0.25, 0.3) is 0 Å². The van der Waals surface area contributed by atoms with Crippen molar-refractivity contribution >= 4 is 5.91 Å². The Bertz CT molecular complexity index is 1940. The van der Waals surface area contributed by atoms with E-state index in [-0.39, 0.29) is 12.5 Å². The maximum Gasteiger partial charge on any atom is 0.220 e. The van der Waals surface area contributed by atoms with Crippen LogP contribution < -0.4 is 5.32 Å². The predicted molar refractivity (Wildman–Crippen MR) is 396 cm³/mol. The average molecular weight is 1360 g/mol. The first kappa shape index (κ1) is 89.3. The number of aliphatic hydroxyl groups is 8. The third-order valence-electron chi connectivity index (χ3n) is 19.1. The van der Waals surface area contributed by atoms with E-state index in [1.165, 1.54) is 212 Å². The monoisotopic (exact) mass is 1350 g/mol. The Balaban J connectivity index is 1.57. The topological polar surface area (TPSA) is 228 Å². The molecule has 14 nitrogen and oxygen atoms in total. The van der Waals surface area contributed by atoms with Crippen LogP contribution in [0.5, 0.6) is 0 Å². The first-order valence-electron chi connectivity index (χ1n) is 39.8. The molecule has 2 fully saturated rings. The second kappa shape index (κ2) is 65.5. The van der Waals surface area contributed by atoms with Crippen LogP contribution in [0.15, 0.2) is 85.1 Å². The van der Waals surface area contributed by atoms with Crippen LogP contribution in [0.3, 0.4) is 0 Å². The maximum absolute atomic E-state index is 13.4. The van der Waals surface area contributed by atoms with E-state index in [1.807, 2.05) is 0 Å². The first-order valence-corrected chi connectivity index (χ1v) is 39.8. The van der Waals surface area contributed by atoms with Gasteiger partial charge in [-0.2, -0.15) is 0 Å². The zero-order valence-corrected chi connectivity index (χ0v) is 61.1. The average Bonchev–Trinajstić information content (AvgIpc) is 0.807. The lowest BCUT2D eigenvalue weighted by Gasteiger charge is -2.46. The Hall–Kier alpha value is -2.83. The maximum atomic E-state index is 13.4. The van der Waals surface area contributed by atoms with E-state index in [0.717, 1.165) is 96.3 Å². The molecule has 0 saturated carbocycles. The van der Waals surface area contributed by atoms with Gasteiger partial charge in [0.15, 0.2) is 12.6 Å². The molecule has 0 aromatic heterocycles. The number of aliphatic hydroxyl groups excluding tert-OH is 8. The highest BCUT2D eigenvalue weighted by Gasteiger charge is 2.51. The van der Waals surface area contributed by atoms with Gasteiger partial charge >= 0.3 is 0 Å². The van der Waals surface area contributed by atoms with Crippen LogP contribution in [0, 0.1) is 0 Å². The van der Waals surface area contributed by atoms with E-state index in [2.05, 4.69) is 104 Å². The summed E-state index contributed by atoms with van der Waals surface area (Å²) >= 11 is 0. The smallest absolute Gasteiger partial charge is 0.220 e. The highest BCUT2D eigenvalue weighted by molar-refractivity contribution is 5.76. The molecule has 9 N–H and O–H groups in total. The van der Waals surface area contributed by atoms with Gasteiger partial charge in [0, 0.05) is 6.42 Å². The molecule has 0 spiro atoms. The molecule has 2 aliphatic rings. The molecular formula is C82H147NO13. The van der Waals surface area contributed by atoms with Crippen molar-refractivity contribution in [3.63, 3.8) is 0 Å². The Morgan fingerprint density at radius 1 is 0.385 bits per heavy atom. The fourth-order valence-corrected chi connectivity index (χ4v) is 12.9. The van der Waals surface area contributed by atoms with Crippen molar-refractivity contribution in [3.8, 4) is 0 Å². The van der Waals surface area contributed by atoms with Crippen LogP contribution in [0.25, 0.3) is 0 Å². The summed E-state index contributed by atoms with van der Waals surface area (Å²) in [6.45, 7) is 2.79. The second-order valence-corrected chi connectivity index (χ2v) is 27.8. The third kappa shape index (κ3) is 48.1. The molecule has 0 aromatic carbocycles. The van der Waals surface area contributed by atoms with E-state index in [1.54, 1.807) is 0 Å². The number of nitrogens with one attached hydrogen (secondary N) is 1. The minimum absolute atomic E-state index is 0.202. The van der Waals surface area contributed by atoms with E-state index in [0.29, 0.717) is 12.8 Å². The van der Waals surface area contributed by atoms with Crippen molar-refractivity contribution in [2.24, 2.45) is 0 Å². The van der Waals surface area contributed by atoms with Crippen LogP contribution in [-0.4, -0.2) is 140 Å². The van der Waals surface area contributed by atoms with Crippen LogP contribution in [0.2, 0.25) is 0 Å². The minimum Gasteiger partial charge on any atom is -0.394 e. The molecule has 1 amide bonds. The van der Waals surface area contributed by atoms with Crippen molar-refractivity contribution in [3.05, 3.63) is 85.1 Å². The highest BCUT2D eigenvalue weighted by Crippen LogP contribution is 2.30. The highest BCUT2D eigenvalue weighted by atomic mass is 16.7. The Morgan fingerprint density at radius 2 is 0.719 bits per heavy atom. The third-order valence-corrected chi connectivity index (χ3v) is 19.1. The van der Waals surface area contributed by atoms with Gasteiger partial charge in [-0.3, -0.25) is 4.79 Å². The number of ether oxygens (including phenoxy) is 4. The summed E-state index contributed by atoms with van der Waals surface area (Å²) in [5.41, 5.74) is 0. The summed E-state index contributed by atoms with van der Waals surface area (Å²) in [4.78, 5) is 13.4. The largest absolute Gasteiger partial charge is 0.394 e. The number of carbonyl (C=O) groups excluding carboxylic acids is 1. The van der Waals surface area contributed by atoms with E-state index in [9.17, 15) is 45.6 Å². The summed E-state index contributed by atoms with van der Waals surface area (Å²) in [5, 5.41) is 87.8. The van der Waals surface area contributed by atoms with Gasteiger partial charge in [-0.05, 0) is 70.6 Å². The van der Waals surface area contributed by atoms with Crippen LogP contribution in [-0.2, 0) is 23.7 Å². The number of hydrogen-bond acceptors (Lipinski definition) is 13. The molecule has 0 radical (unpaired) electrons. The zero-order chi connectivity index (χ0) is 69.4. The summed E-state index contributed by atoms with van der Waals surface area (Å²) < 4.78 is 23.0. The zero-order valence-electron chi connectivity index (χ0n) is 61.1. The lowest BCUT2D eigenvalue weighted by molar-refractivity contribution is -0.359. The Morgan fingerprint density at radius 3 is 1.10 bits per heavy atom. The minimum atomic E-state index is -1.78. The van der Waals surface area contributed by atoms with Gasteiger partial charge in [0.1, 0.15) is 48.8 Å². The van der Waals surface area contributed by atoms with Crippen molar-refractivity contribution in [2.75, 3.05) is 19.8 Å². The van der Waals surface area contributed by atoms with Gasteiger partial charge < -0.3 is 65.1 Å². The normalized spacial score (nSPS) is 22.7. The van der Waals surface area contributed by atoms with Crippen molar-refractivity contribution < 1.29 is 64.6 Å². The van der Waals surface area contributed by atoms with Gasteiger partial charge in [-0.1, -0.05) is 343 Å². The van der Waals surface area contributed by atoms with E-state index in [4.69, 9.17) is 18.9 Å². The van der Waals surface area contributed by atoms with Crippen molar-refractivity contribution in [2.45, 2.75) is 408 Å². The van der Waals surface area contributed by atoms with Gasteiger partial charge in [-0.25, -0.2) is 0 Å². The Labute approximate surface area is 586 Å². The predicted octanol–water partition coefficient (Wildman–Crippen LogP) is 17.9. The quantitative estimate of drug-likeness (QED) is 0.0204. The molecule has 2 rings (SSSR count). The first-order chi connectivity index (χ1) is 47.1. The number of allylic oxidation sites excluding steroid dienone is 14. The summed E-state index contributed by atoms with van der Waals surface area (Å²) in [6, 6.07) is -0.832. The van der Waals surface area contributed by atoms with E-state index >= 15 is 0 Å². The lowest BCUT2D eigenvalue weighted by Crippen LogP contribution is -2.65. The van der Waals surface area contributed by atoms with Crippen LogP contribution in [0.1, 0.15) is 335 Å². The van der Waals surface area contributed by atoms with Gasteiger partial charge in [0.05, 0.1) is 32.0 Å². The molecule has 2 saturated heterocycles. The molecule has 96 heavy (non-hydrogen) atoms. The number of carbonyl (C=O) groups is 1. The molecule has 558 valence electrons. The van der Waals surface area contributed by atoms with Crippen LogP contribution in [0.4, 0.5) is 0 Å². The molecule has 0 aliphatic carbocycles. The molecule has 2 aliphatic heterocycles. The lowest BCUT2D eigenvalue weighted by atomic mass is 9.97. The standard InChI is InChI=1S/C82H147NO13/c1-3-5-7-9-11-13-15-17-19-21-23-25-26-27-28-29-30-31-32-33-34-35-36-37-38-39-40-41-42-43-44-46-48-50-52-54-56-58-60-62-64-66-74(87)83-70(71(86)65-63-61-59-57-55-53-51-49-47-45-24-22-20-18-16-14-12-10-8-6-4-2)69-93-81-79(92)77(90)80(73(68-85)95-81)96-82-78(91)76(89)75(88)72(67-84)94-82/h5,7,11,13,17,19,23,25,27-28,30-31,33-34,70-73,75-82,84-86,88-92H,3-4,6,8-10,12,14-16,18,20-22,24,26,29,32,35-69H2,1-2H3,(H,83,87)/b7-5-,13-11-,19-17-,25-23-,28-27-,31-30-,34-33-. The molecule has 0 aromatic rings.